The second kappa shape index (κ2) is 8.76. The third-order valence-electron chi connectivity index (χ3n) is 2.89. The zero-order valence-electron chi connectivity index (χ0n) is 12.9. The number of rotatable bonds is 7. The van der Waals surface area contributed by atoms with E-state index in [1.165, 1.54) is 16.0 Å². The molecule has 3 N–H and O–H groups in total. The van der Waals surface area contributed by atoms with Gasteiger partial charge in [0.05, 0.1) is 33.7 Å². The Morgan fingerprint density at radius 3 is 2.55 bits per heavy atom. The molecule has 0 aliphatic heterocycles. The first-order valence-corrected chi connectivity index (χ1v) is 7.40. The maximum absolute atomic E-state index is 5.73. The number of aryl methyl sites for hydroxylation is 2. The van der Waals surface area contributed by atoms with E-state index in [-0.39, 0.29) is 0 Å². The van der Waals surface area contributed by atoms with E-state index in [4.69, 9.17) is 17.0 Å². The second-order valence-electron chi connectivity index (χ2n) is 5.26. The quantitative estimate of drug-likeness (QED) is 0.499. The first kappa shape index (κ1) is 16.7. The van der Waals surface area contributed by atoms with E-state index in [2.05, 4.69) is 50.7 Å². The third-order valence-corrected chi connectivity index (χ3v) is 3.17. The summed E-state index contributed by atoms with van der Waals surface area (Å²) in [4.78, 5) is 1.40. The average molecular weight is 296 g/mol. The van der Waals surface area contributed by atoms with Crippen LogP contribution in [0.25, 0.3) is 0 Å². The molecule has 4 nitrogen and oxygen atoms in total. The summed E-state index contributed by atoms with van der Waals surface area (Å²) in [5.41, 5.74) is 2.42. The van der Waals surface area contributed by atoms with Gasteiger partial charge in [-0.2, -0.15) is 0 Å². The fourth-order valence-corrected chi connectivity index (χ4v) is 1.98. The van der Waals surface area contributed by atoms with Crippen LogP contribution < -0.4 is 20.3 Å². The van der Waals surface area contributed by atoms with Crippen molar-refractivity contribution in [2.24, 2.45) is 0 Å². The van der Waals surface area contributed by atoms with E-state index < -0.39 is 0 Å². The van der Waals surface area contributed by atoms with E-state index in [9.17, 15) is 0 Å². The molecule has 1 aromatic carbocycles. The molecule has 20 heavy (non-hydrogen) atoms. The lowest BCUT2D eigenvalue weighted by molar-refractivity contribution is -0.856. The number of hydrogen-bond acceptors (Lipinski definition) is 2. The van der Waals surface area contributed by atoms with Gasteiger partial charge in [-0.1, -0.05) is 17.7 Å². The normalized spacial score (nSPS) is 10.4. The van der Waals surface area contributed by atoms with Crippen molar-refractivity contribution >= 4 is 17.3 Å². The Morgan fingerprint density at radius 2 is 1.90 bits per heavy atom. The van der Waals surface area contributed by atoms with Gasteiger partial charge >= 0.3 is 0 Å². The second-order valence-corrected chi connectivity index (χ2v) is 5.67. The first-order valence-electron chi connectivity index (χ1n) is 7.00. The predicted molar refractivity (Wildman–Crippen MR) is 87.7 cm³/mol. The Morgan fingerprint density at radius 1 is 1.20 bits per heavy atom. The van der Waals surface area contributed by atoms with Gasteiger partial charge in [0.2, 0.25) is 0 Å². The summed E-state index contributed by atoms with van der Waals surface area (Å²) in [5.74, 6) is 0.937. The molecule has 0 fully saturated rings. The number of benzene rings is 1. The van der Waals surface area contributed by atoms with Gasteiger partial charge in [-0.15, -0.1) is 0 Å². The highest BCUT2D eigenvalue weighted by Crippen LogP contribution is 2.18. The fraction of sp³-hybridized carbons (Fsp3) is 0.533. The minimum absolute atomic E-state index is 0.602. The van der Waals surface area contributed by atoms with Crippen LogP contribution in [0.1, 0.15) is 11.1 Å². The maximum atomic E-state index is 5.73. The number of hydrogen-bond donors (Lipinski definition) is 3. The average Bonchev–Trinajstić information content (AvgIpc) is 2.36. The van der Waals surface area contributed by atoms with Crippen LogP contribution in [-0.4, -0.2) is 45.4 Å². The number of nitrogens with one attached hydrogen (secondary N) is 3. The van der Waals surface area contributed by atoms with E-state index in [0.717, 1.165) is 18.8 Å². The molecule has 0 saturated carbocycles. The molecule has 0 unspecified atom stereocenters. The molecular formula is C15H26N3OS+. The lowest BCUT2D eigenvalue weighted by atomic mass is 10.1. The van der Waals surface area contributed by atoms with Crippen molar-refractivity contribution < 1.29 is 9.64 Å². The smallest absolute Gasteiger partial charge is 0.166 e. The Labute approximate surface area is 127 Å². The molecule has 0 aliphatic carbocycles. The minimum atomic E-state index is 0.602. The van der Waals surface area contributed by atoms with Crippen molar-refractivity contribution in [3.63, 3.8) is 0 Å². The highest BCUT2D eigenvalue weighted by molar-refractivity contribution is 7.80. The molecule has 0 heterocycles. The Hall–Kier alpha value is -1.33. The first-order chi connectivity index (χ1) is 9.49. The molecule has 5 heteroatoms. The van der Waals surface area contributed by atoms with Crippen molar-refractivity contribution in [3.8, 4) is 5.75 Å². The van der Waals surface area contributed by atoms with Gasteiger partial charge in [0.25, 0.3) is 0 Å². The monoisotopic (exact) mass is 296 g/mol. The molecule has 0 spiro atoms. The van der Waals surface area contributed by atoms with E-state index >= 15 is 0 Å². The van der Waals surface area contributed by atoms with Crippen molar-refractivity contribution in [2.75, 3.05) is 40.3 Å². The van der Waals surface area contributed by atoms with Crippen LogP contribution in [0, 0.1) is 13.8 Å². The van der Waals surface area contributed by atoms with Gasteiger partial charge in [0, 0.05) is 0 Å². The number of quaternary nitrogens is 1. The standard InChI is InChI=1S/C15H25N3OS/c1-12-5-6-14(13(2)11-12)19-10-8-17-15(20)16-7-9-18(3)4/h5-6,11H,7-10H2,1-4H3,(H2,16,17,20)/p+1. The summed E-state index contributed by atoms with van der Waals surface area (Å²) < 4.78 is 5.73. The molecule has 0 saturated heterocycles. The van der Waals surface area contributed by atoms with Crippen molar-refractivity contribution in [1.29, 1.82) is 0 Å². The minimum Gasteiger partial charge on any atom is -0.491 e. The summed E-state index contributed by atoms with van der Waals surface area (Å²) in [5, 5.41) is 7.01. The highest BCUT2D eigenvalue weighted by Gasteiger charge is 2.00. The van der Waals surface area contributed by atoms with Gasteiger partial charge in [0.15, 0.2) is 5.11 Å². The van der Waals surface area contributed by atoms with Gasteiger partial charge in [-0.05, 0) is 37.7 Å². The van der Waals surface area contributed by atoms with Crippen LogP contribution in [0.15, 0.2) is 18.2 Å². The van der Waals surface area contributed by atoms with Crippen LogP contribution in [0.4, 0.5) is 0 Å². The summed E-state index contributed by atoms with van der Waals surface area (Å²) in [6.07, 6.45) is 0. The topological polar surface area (TPSA) is 37.7 Å². The zero-order chi connectivity index (χ0) is 15.0. The van der Waals surface area contributed by atoms with Crippen LogP contribution >= 0.6 is 12.2 Å². The number of ether oxygens (including phenoxy) is 1. The van der Waals surface area contributed by atoms with Crippen molar-refractivity contribution in [2.45, 2.75) is 13.8 Å². The molecule has 1 rings (SSSR count). The molecule has 0 bridgehead atoms. The molecule has 0 aromatic heterocycles. The molecule has 0 atom stereocenters. The Balaban J connectivity index is 2.16. The Kier molecular flexibility index (Phi) is 7.33. The van der Waals surface area contributed by atoms with Crippen molar-refractivity contribution in [3.05, 3.63) is 29.3 Å². The zero-order valence-corrected chi connectivity index (χ0v) is 13.7. The van der Waals surface area contributed by atoms with Crippen LogP contribution in [-0.2, 0) is 0 Å². The Bertz CT molecular complexity index is 435. The predicted octanol–water partition coefficient (Wildman–Crippen LogP) is 0.291. The van der Waals surface area contributed by atoms with Gasteiger partial charge in [-0.25, -0.2) is 0 Å². The van der Waals surface area contributed by atoms with Gasteiger partial charge in [0.1, 0.15) is 12.4 Å². The van der Waals surface area contributed by atoms with Gasteiger partial charge < -0.3 is 20.3 Å². The molecule has 1 aromatic rings. The molecule has 0 amide bonds. The summed E-state index contributed by atoms with van der Waals surface area (Å²) in [6, 6.07) is 6.20. The summed E-state index contributed by atoms with van der Waals surface area (Å²) >= 11 is 5.19. The molecule has 0 radical (unpaired) electrons. The lowest BCUT2D eigenvalue weighted by Gasteiger charge is -2.13. The van der Waals surface area contributed by atoms with Gasteiger partial charge in [-0.3, -0.25) is 0 Å². The van der Waals surface area contributed by atoms with E-state index in [1.807, 2.05) is 6.07 Å². The largest absolute Gasteiger partial charge is 0.491 e. The summed E-state index contributed by atoms with van der Waals surface area (Å²) in [7, 11) is 4.24. The molecular weight excluding hydrogens is 270 g/mol. The highest BCUT2D eigenvalue weighted by atomic mass is 32.1. The number of likely N-dealkylation sites (N-methyl/N-ethyl adjacent to an activating group) is 1. The van der Waals surface area contributed by atoms with E-state index in [0.29, 0.717) is 18.3 Å². The van der Waals surface area contributed by atoms with E-state index in [1.54, 1.807) is 0 Å². The third kappa shape index (κ3) is 6.73. The van der Waals surface area contributed by atoms with Crippen LogP contribution in [0.5, 0.6) is 5.75 Å². The molecule has 112 valence electrons. The van der Waals surface area contributed by atoms with Crippen LogP contribution in [0.2, 0.25) is 0 Å². The molecule has 0 aliphatic rings. The SMILES string of the molecule is Cc1ccc(OCCNC(=S)NCC[NH+](C)C)c(C)c1. The summed E-state index contributed by atoms with van der Waals surface area (Å²) in [6.45, 7) is 7.37. The fourth-order valence-electron chi connectivity index (χ4n) is 1.78. The van der Waals surface area contributed by atoms with Crippen molar-refractivity contribution in [1.82, 2.24) is 10.6 Å². The number of thiocarbonyl (C=S) groups is 1. The lowest BCUT2D eigenvalue weighted by Crippen LogP contribution is -3.06. The maximum Gasteiger partial charge on any atom is 0.166 e. The van der Waals surface area contributed by atoms with Crippen LogP contribution in [0.3, 0.4) is 0 Å².